The molecule has 0 amide bonds. The molecule has 0 bridgehead atoms. The molecule has 2 aromatic heterocycles. The first kappa shape index (κ1) is 41.8. The third kappa shape index (κ3) is 6.48. The number of furan rings is 2. The molecule has 1 N–H and O–H groups in total. The summed E-state index contributed by atoms with van der Waals surface area (Å²) in [5.74, 6) is 2.73. The van der Waals surface area contributed by atoms with Crippen molar-refractivity contribution >= 4 is 90.5 Å². The Labute approximate surface area is 413 Å². The SMILES string of the molecule is Cc1ccc(Nc2cc3oc4ccccc4c3cc2-c2c3c(cc4c2oc2ccccc24)N(c2cc4c(cc2C)C(C)(C)CCC4(C)C)c2cc4c(cc2[B]3)Oc2ccccc2O4)c(-c2ccccc2)c1. The Bertz CT molecular complexity index is 4050. The second-order valence-electron chi connectivity index (χ2n) is 21.1. The normalized spacial score (nSPS) is 15.0. The lowest BCUT2D eigenvalue weighted by atomic mass is 9.57. The Kier molecular flexibility index (Phi) is 8.93. The van der Waals surface area contributed by atoms with Crippen molar-refractivity contribution in [2.75, 3.05) is 10.2 Å². The Morgan fingerprint density at radius 1 is 0.493 bits per heavy atom. The Hall–Kier alpha value is -8.16. The van der Waals surface area contributed by atoms with Crippen molar-refractivity contribution in [2.45, 2.75) is 65.2 Å². The lowest BCUT2D eigenvalue weighted by Crippen LogP contribution is -2.41. The van der Waals surface area contributed by atoms with Gasteiger partial charge in [0.15, 0.2) is 30.3 Å². The van der Waals surface area contributed by atoms with Crippen LogP contribution in [0, 0.1) is 13.8 Å². The van der Waals surface area contributed by atoms with E-state index in [9.17, 15) is 0 Å². The monoisotopic (exact) mass is 921 g/mol. The smallest absolute Gasteiger partial charge is 0.198 e. The van der Waals surface area contributed by atoms with Crippen molar-refractivity contribution in [1.82, 2.24) is 0 Å². The molecule has 0 fully saturated rings. The fourth-order valence-electron chi connectivity index (χ4n) is 11.7. The maximum Gasteiger partial charge on any atom is 0.198 e. The predicted molar refractivity (Wildman–Crippen MR) is 293 cm³/mol. The highest BCUT2D eigenvalue weighted by molar-refractivity contribution is 6.74. The van der Waals surface area contributed by atoms with Crippen molar-refractivity contribution in [3.63, 3.8) is 0 Å². The fraction of sp³-hybridized carbons (Fsp3) is 0.156. The maximum atomic E-state index is 7.17. The average molecular weight is 922 g/mol. The largest absolute Gasteiger partial charge is 0.456 e. The number of nitrogens with zero attached hydrogens (tertiary/aromatic N) is 1. The third-order valence-corrected chi connectivity index (χ3v) is 15.6. The minimum Gasteiger partial charge on any atom is -0.456 e. The Morgan fingerprint density at radius 2 is 1.14 bits per heavy atom. The van der Waals surface area contributed by atoms with E-state index in [1.807, 2.05) is 36.4 Å². The van der Waals surface area contributed by atoms with Gasteiger partial charge >= 0.3 is 0 Å². The van der Waals surface area contributed by atoms with Gasteiger partial charge in [-0.3, -0.25) is 0 Å². The molecular weight excluding hydrogens is 872 g/mol. The van der Waals surface area contributed by atoms with E-state index >= 15 is 0 Å². The van der Waals surface area contributed by atoms with Crippen LogP contribution < -0.4 is 30.6 Å². The van der Waals surface area contributed by atoms with Gasteiger partial charge in [-0.05, 0) is 126 Å². The van der Waals surface area contributed by atoms with Gasteiger partial charge in [0.05, 0.1) is 5.69 Å². The molecule has 7 heteroatoms. The first-order valence-electron chi connectivity index (χ1n) is 24.8. The first-order chi connectivity index (χ1) is 34.5. The van der Waals surface area contributed by atoms with E-state index in [0.717, 1.165) is 118 Å². The molecule has 14 rings (SSSR count). The minimum absolute atomic E-state index is 0.0226. The zero-order chi connectivity index (χ0) is 47.9. The predicted octanol–water partition coefficient (Wildman–Crippen LogP) is 16.9. The third-order valence-electron chi connectivity index (χ3n) is 15.6. The number of anilines is 5. The van der Waals surface area contributed by atoms with Crippen molar-refractivity contribution in [3.05, 3.63) is 186 Å². The van der Waals surface area contributed by atoms with Crippen LogP contribution >= 0.6 is 0 Å². The molecule has 0 saturated carbocycles. The van der Waals surface area contributed by atoms with Crippen molar-refractivity contribution < 1.29 is 18.3 Å². The molecule has 6 nitrogen and oxygen atoms in total. The molecular formula is C64H50BN2O4. The summed E-state index contributed by atoms with van der Waals surface area (Å²) in [6, 6.07) is 58.0. The van der Waals surface area contributed by atoms with Crippen LogP contribution in [0.25, 0.3) is 66.1 Å². The zero-order valence-corrected chi connectivity index (χ0v) is 40.7. The summed E-state index contributed by atoms with van der Waals surface area (Å²) in [5, 5.41) is 8.17. The number of benzene rings is 9. The minimum atomic E-state index is -0.0226. The Balaban J connectivity index is 1.09. The van der Waals surface area contributed by atoms with Gasteiger partial charge in [-0.2, -0.15) is 0 Å². The van der Waals surface area contributed by atoms with Gasteiger partial charge in [0.25, 0.3) is 0 Å². The van der Waals surface area contributed by atoms with Gasteiger partial charge < -0.3 is 28.5 Å². The van der Waals surface area contributed by atoms with E-state index in [4.69, 9.17) is 18.3 Å². The summed E-state index contributed by atoms with van der Waals surface area (Å²) in [5.41, 5.74) is 19.8. The van der Waals surface area contributed by atoms with Crippen LogP contribution in [0.2, 0.25) is 0 Å². The molecule has 2 aliphatic heterocycles. The number of ether oxygens (including phenoxy) is 2. The van der Waals surface area contributed by atoms with Crippen LogP contribution in [0.1, 0.15) is 62.8 Å². The van der Waals surface area contributed by atoms with Gasteiger partial charge in [-0.1, -0.05) is 130 Å². The van der Waals surface area contributed by atoms with E-state index < -0.39 is 0 Å². The van der Waals surface area contributed by atoms with Crippen LogP contribution in [0.5, 0.6) is 23.0 Å². The molecule has 9 aromatic carbocycles. The molecule has 71 heavy (non-hydrogen) atoms. The van der Waals surface area contributed by atoms with E-state index in [0.29, 0.717) is 23.0 Å². The van der Waals surface area contributed by atoms with Crippen LogP contribution in [0.15, 0.2) is 173 Å². The van der Waals surface area contributed by atoms with Crippen molar-refractivity contribution in [1.29, 1.82) is 0 Å². The Morgan fingerprint density at radius 3 is 1.89 bits per heavy atom. The first-order valence-corrected chi connectivity index (χ1v) is 24.8. The number of hydrogen-bond donors (Lipinski definition) is 1. The summed E-state index contributed by atoms with van der Waals surface area (Å²) in [7, 11) is 2.33. The molecule has 0 saturated heterocycles. The van der Waals surface area contributed by atoms with Crippen molar-refractivity contribution in [2.24, 2.45) is 0 Å². The molecule has 11 aromatic rings. The van der Waals surface area contributed by atoms with Crippen molar-refractivity contribution in [3.8, 4) is 45.3 Å². The standard InChI is InChI=1S/C64H50BN2O4/c1-36-24-25-48(41(28-36)38-16-8-7-9-17-38)66-49-34-57-42(39-18-10-12-20-53(39)68-57)30-44(49)60-61-52(31-43-40-19-11-13-21-54(40)71-62(43)60)67(50-32-46-45(29-37(50)2)63(3,4)26-27-64(46,5)6)51-35-59-58(33-47(51)65-61)69-55-22-14-15-23-56(55)70-59/h7-25,28-35,66H,26-27H2,1-6H3. The van der Waals surface area contributed by atoms with Gasteiger partial charge in [-0.15, -0.1) is 0 Å². The van der Waals surface area contributed by atoms with E-state index in [1.54, 1.807) is 0 Å². The molecule has 4 heterocycles. The highest BCUT2D eigenvalue weighted by atomic mass is 16.6. The molecule has 1 radical (unpaired) electrons. The van der Waals surface area contributed by atoms with Crippen LogP contribution in [-0.4, -0.2) is 7.28 Å². The highest BCUT2D eigenvalue weighted by Gasteiger charge is 2.40. The lowest BCUT2D eigenvalue weighted by molar-refractivity contribution is 0.332. The summed E-state index contributed by atoms with van der Waals surface area (Å²) in [6.45, 7) is 14.0. The second-order valence-corrected chi connectivity index (χ2v) is 21.1. The van der Waals surface area contributed by atoms with Crippen LogP contribution in [-0.2, 0) is 10.8 Å². The molecule has 0 atom stereocenters. The molecule has 3 aliphatic rings. The quantitative estimate of drug-likeness (QED) is 0.174. The number of aryl methyl sites for hydroxylation is 2. The van der Waals surface area contributed by atoms with Gasteiger partial charge in [0, 0.05) is 73.1 Å². The topological polar surface area (TPSA) is 60.0 Å². The maximum absolute atomic E-state index is 7.17. The summed E-state index contributed by atoms with van der Waals surface area (Å²) in [4.78, 5) is 2.49. The van der Waals surface area contributed by atoms with Gasteiger partial charge in [0.1, 0.15) is 22.3 Å². The number of nitrogens with one attached hydrogen (secondary N) is 1. The molecule has 1 aliphatic carbocycles. The second kappa shape index (κ2) is 15.2. The van der Waals surface area contributed by atoms with Gasteiger partial charge in [-0.25, -0.2) is 0 Å². The summed E-state index contributed by atoms with van der Waals surface area (Å²) < 4.78 is 27.2. The summed E-state index contributed by atoms with van der Waals surface area (Å²) in [6.07, 6.45) is 2.24. The fourth-order valence-corrected chi connectivity index (χ4v) is 11.7. The zero-order valence-electron chi connectivity index (χ0n) is 40.7. The van der Waals surface area contributed by atoms with E-state index in [2.05, 4.69) is 186 Å². The van der Waals surface area contributed by atoms with E-state index in [-0.39, 0.29) is 10.8 Å². The number of fused-ring (bicyclic) bond motifs is 11. The number of hydrogen-bond acceptors (Lipinski definition) is 6. The van der Waals surface area contributed by atoms with Crippen LogP contribution in [0.4, 0.5) is 28.4 Å². The molecule has 343 valence electrons. The van der Waals surface area contributed by atoms with Crippen LogP contribution in [0.3, 0.4) is 0 Å². The summed E-state index contributed by atoms with van der Waals surface area (Å²) >= 11 is 0. The molecule has 0 spiro atoms. The number of para-hydroxylation sites is 4. The van der Waals surface area contributed by atoms with Gasteiger partial charge in [0.2, 0.25) is 0 Å². The highest BCUT2D eigenvalue weighted by Crippen LogP contribution is 2.54. The van der Waals surface area contributed by atoms with E-state index in [1.165, 1.54) is 22.3 Å². The number of rotatable bonds is 5. The molecule has 0 unspecified atom stereocenters. The lowest BCUT2D eigenvalue weighted by Gasteiger charge is -2.44. The average Bonchev–Trinajstić information content (AvgIpc) is 3.93.